The summed E-state index contributed by atoms with van der Waals surface area (Å²) >= 11 is 5.78. The van der Waals surface area contributed by atoms with Gasteiger partial charge in [0.05, 0.1) is 13.7 Å². The molecule has 7 heteroatoms. The highest BCUT2D eigenvalue weighted by Crippen LogP contribution is 2.20. The van der Waals surface area contributed by atoms with Gasteiger partial charge in [-0.25, -0.2) is 0 Å². The van der Waals surface area contributed by atoms with Crippen LogP contribution in [0, 0.1) is 6.92 Å². The first-order chi connectivity index (χ1) is 15.9. The number of nitrogens with one attached hydrogen (secondary N) is 2. The van der Waals surface area contributed by atoms with Crippen molar-refractivity contribution in [2.75, 3.05) is 38.6 Å². The van der Waals surface area contributed by atoms with Crippen LogP contribution < -0.4 is 15.6 Å². The first-order valence-corrected chi connectivity index (χ1v) is 11.9. The molecule has 1 aromatic heterocycles. The van der Waals surface area contributed by atoms with Gasteiger partial charge in [0.2, 0.25) is 0 Å². The van der Waals surface area contributed by atoms with Gasteiger partial charge in [-0.1, -0.05) is 26.0 Å². The van der Waals surface area contributed by atoms with Gasteiger partial charge in [0.1, 0.15) is 5.75 Å². The highest BCUT2D eigenvalue weighted by atomic mass is 32.1. The van der Waals surface area contributed by atoms with E-state index in [4.69, 9.17) is 17.0 Å². The molecule has 0 saturated heterocycles. The van der Waals surface area contributed by atoms with Crippen LogP contribution in [0.1, 0.15) is 31.4 Å². The lowest BCUT2D eigenvalue weighted by molar-refractivity contribution is 0.281. The van der Waals surface area contributed by atoms with E-state index in [1.807, 2.05) is 36.4 Å². The van der Waals surface area contributed by atoms with E-state index in [9.17, 15) is 4.79 Å². The summed E-state index contributed by atoms with van der Waals surface area (Å²) < 4.78 is 5.35. The summed E-state index contributed by atoms with van der Waals surface area (Å²) in [7, 11) is 1.64. The molecule has 2 aromatic carbocycles. The van der Waals surface area contributed by atoms with E-state index < -0.39 is 0 Å². The summed E-state index contributed by atoms with van der Waals surface area (Å²) in [5.41, 5.74) is 3.48. The summed E-state index contributed by atoms with van der Waals surface area (Å²) in [5, 5.41) is 4.91. The third kappa shape index (κ3) is 6.79. The number of aromatic amines is 1. The van der Waals surface area contributed by atoms with Gasteiger partial charge < -0.3 is 24.8 Å². The number of H-pyrrole nitrogens is 1. The van der Waals surface area contributed by atoms with Gasteiger partial charge in [0, 0.05) is 28.7 Å². The van der Waals surface area contributed by atoms with Crippen LogP contribution in [-0.2, 0) is 6.54 Å². The van der Waals surface area contributed by atoms with Gasteiger partial charge in [0.15, 0.2) is 5.11 Å². The lowest BCUT2D eigenvalue weighted by Crippen LogP contribution is -2.38. The fourth-order valence-corrected chi connectivity index (χ4v) is 4.16. The minimum atomic E-state index is -0.0974. The monoisotopic (exact) mass is 466 g/mol. The van der Waals surface area contributed by atoms with Crippen LogP contribution in [0.4, 0.5) is 5.69 Å². The van der Waals surface area contributed by atoms with E-state index in [2.05, 4.69) is 53.0 Å². The maximum absolute atomic E-state index is 12.8. The molecule has 0 radical (unpaired) electrons. The van der Waals surface area contributed by atoms with Crippen LogP contribution >= 0.6 is 12.2 Å². The SMILES string of the molecule is CCN(CC)CCCN(Cc1cc2cc(OC)ccc2[nH]c1=O)C(=S)Nc1cccc(C)c1. The third-order valence-electron chi connectivity index (χ3n) is 5.84. The van der Waals surface area contributed by atoms with E-state index >= 15 is 0 Å². The summed E-state index contributed by atoms with van der Waals surface area (Å²) in [6.45, 7) is 10.6. The quantitative estimate of drug-likeness (QED) is 0.420. The lowest BCUT2D eigenvalue weighted by atomic mass is 10.1. The number of pyridine rings is 1. The molecule has 33 heavy (non-hydrogen) atoms. The average molecular weight is 467 g/mol. The van der Waals surface area contributed by atoms with Gasteiger partial charge in [-0.05, 0) is 87.2 Å². The van der Waals surface area contributed by atoms with Crippen molar-refractivity contribution in [3.63, 3.8) is 0 Å². The molecule has 0 bridgehead atoms. The predicted octanol–water partition coefficient (Wildman–Crippen LogP) is 4.78. The Morgan fingerprint density at radius 1 is 1.09 bits per heavy atom. The Morgan fingerprint density at radius 2 is 1.88 bits per heavy atom. The molecule has 0 aliphatic carbocycles. The largest absolute Gasteiger partial charge is 0.497 e. The van der Waals surface area contributed by atoms with E-state index in [1.54, 1.807) is 7.11 Å². The Kier molecular flexibility index (Phi) is 8.86. The van der Waals surface area contributed by atoms with Gasteiger partial charge >= 0.3 is 0 Å². The molecular formula is C26H34N4O2S. The molecule has 0 amide bonds. The molecule has 0 aliphatic heterocycles. The second kappa shape index (κ2) is 11.8. The minimum absolute atomic E-state index is 0.0974. The molecule has 0 fully saturated rings. The first-order valence-electron chi connectivity index (χ1n) is 11.5. The summed E-state index contributed by atoms with van der Waals surface area (Å²) in [5.74, 6) is 0.758. The molecule has 2 N–H and O–H groups in total. The molecule has 0 aliphatic rings. The molecule has 0 atom stereocenters. The van der Waals surface area contributed by atoms with Crippen molar-refractivity contribution in [1.82, 2.24) is 14.8 Å². The Morgan fingerprint density at radius 3 is 2.58 bits per heavy atom. The smallest absolute Gasteiger partial charge is 0.253 e. The van der Waals surface area contributed by atoms with Crippen LogP contribution in [-0.4, -0.2) is 53.2 Å². The van der Waals surface area contributed by atoms with Crippen LogP contribution in [0.15, 0.2) is 53.3 Å². The number of aryl methyl sites for hydroxylation is 1. The summed E-state index contributed by atoms with van der Waals surface area (Å²) in [6.07, 6.45) is 0.955. The number of nitrogens with zero attached hydrogens (tertiary/aromatic N) is 2. The zero-order valence-corrected chi connectivity index (χ0v) is 20.8. The molecule has 0 saturated carbocycles. The fourth-order valence-electron chi connectivity index (χ4n) is 3.88. The van der Waals surface area contributed by atoms with Crippen LogP contribution in [0.5, 0.6) is 5.75 Å². The molecule has 3 aromatic rings. The summed E-state index contributed by atoms with van der Waals surface area (Å²) in [4.78, 5) is 20.3. The fraction of sp³-hybridized carbons (Fsp3) is 0.385. The van der Waals surface area contributed by atoms with Crippen LogP contribution in [0.2, 0.25) is 0 Å². The second-order valence-corrected chi connectivity index (χ2v) is 8.57. The van der Waals surface area contributed by atoms with Crippen molar-refractivity contribution in [3.8, 4) is 5.75 Å². The standard InChI is InChI=1S/C26H34N4O2S/c1-5-29(6-2)13-8-14-30(26(33)27-22-10-7-9-19(3)15-22)18-21-16-20-17-23(32-4)11-12-24(20)28-25(21)31/h7,9-12,15-17H,5-6,8,13-14,18H2,1-4H3,(H,27,33)(H,28,31). The maximum Gasteiger partial charge on any atom is 0.253 e. The van der Waals surface area contributed by atoms with Gasteiger partial charge in [0.25, 0.3) is 5.56 Å². The van der Waals surface area contributed by atoms with Crippen molar-refractivity contribution in [2.45, 2.75) is 33.7 Å². The van der Waals surface area contributed by atoms with Gasteiger partial charge in [-0.3, -0.25) is 4.79 Å². The van der Waals surface area contributed by atoms with Crippen molar-refractivity contribution < 1.29 is 4.74 Å². The molecule has 0 spiro atoms. The average Bonchev–Trinajstić information content (AvgIpc) is 2.81. The van der Waals surface area contributed by atoms with Crippen molar-refractivity contribution >= 4 is 33.9 Å². The first kappa shape index (κ1) is 24.7. The Balaban J connectivity index is 1.83. The topological polar surface area (TPSA) is 60.6 Å². The van der Waals surface area contributed by atoms with Gasteiger partial charge in [-0.2, -0.15) is 0 Å². The number of anilines is 1. The molecule has 176 valence electrons. The van der Waals surface area contributed by atoms with E-state index in [1.165, 1.54) is 0 Å². The number of thiocarbonyl (C=S) groups is 1. The number of hydrogen-bond donors (Lipinski definition) is 2. The zero-order valence-electron chi connectivity index (χ0n) is 20.0. The number of fused-ring (bicyclic) bond motifs is 1. The maximum atomic E-state index is 12.8. The predicted molar refractivity (Wildman–Crippen MR) is 141 cm³/mol. The van der Waals surface area contributed by atoms with Gasteiger partial charge in [-0.15, -0.1) is 0 Å². The van der Waals surface area contributed by atoms with E-state index in [0.29, 0.717) is 17.2 Å². The summed E-state index contributed by atoms with van der Waals surface area (Å²) in [6, 6.07) is 15.7. The normalized spacial score (nSPS) is 11.1. The molecule has 6 nitrogen and oxygen atoms in total. The van der Waals surface area contributed by atoms with Crippen molar-refractivity contribution in [3.05, 3.63) is 70.0 Å². The van der Waals surface area contributed by atoms with Crippen molar-refractivity contribution in [2.24, 2.45) is 0 Å². The Labute approximate surface area is 201 Å². The number of hydrogen-bond acceptors (Lipinski definition) is 4. The van der Waals surface area contributed by atoms with Crippen LogP contribution in [0.3, 0.4) is 0 Å². The number of methoxy groups -OCH3 is 1. The highest BCUT2D eigenvalue weighted by molar-refractivity contribution is 7.80. The number of ether oxygens (including phenoxy) is 1. The molecule has 1 heterocycles. The minimum Gasteiger partial charge on any atom is -0.497 e. The Hall–Kier alpha value is -2.90. The Bertz CT molecular complexity index is 1140. The number of benzene rings is 2. The third-order valence-corrected chi connectivity index (χ3v) is 6.20. The highest BCUT2D eigenvalue weighted by Gasteiger charge is 2.15. The van der Waals surface area contributed by atoms with Crippen LogP contribution in [0.25, 0.3) is 10.9 Å². The molecule has 3 rings (SSSR count). The second-order valence-electron chi connectivity index (χ2n) is 8.18. The van der Waals surface area contributed by atoms with E-state index in [-0.39, 0.29) is 5.56 Å². The molecular weight excluding hydrogens is 432 g/mol. The molecule has 0 unspecified atom stereocenters. The number of rotatable bonds is 10. The van der Waals surface area contributed by atoms with E-state index in [0.717, 1.165) is 60.5 Å². The van der Waals surface area contributed by atoms with Crippen molar-refractivity contribution in [1.29, 1.82) is 0 Å². The lowest BCUT2D eigenvalue weighted by Gasteiger charge is -2.27. The zero-order chi connectivity index (χ0) is 23.8. The number of aromatic nitrogens is 1.